The van der Waals surface area contributed by atoms with Crippen molar-refractivity contribution in [3.05, 3.63) is 0 Å². The summed E-state index contributed by atoms with van der Waals surface area (Å²) in [6, 6.07) is 0. The summed E-state index contributed by atoms with van der Waals surface area (Å²) >= 11 is 0. The van der Waals surface area contributed by atoms with Gasteiger partial charge < -0.3 is 9.84 Å². The van der Waals surface area contributed by atoms with Gasteiger partial charge in [0.15, 0.2) is 0 Å². The Morgan fingerprint density at radius 1 is 1.50 bits per heavy atom. The van der Waals surface area contributed by atoms with Crippen LogP contribution < -0.4 is 0 Å². The lowest BCUT2D eigenvalue weighted by atomic mass is 9.75. The van der Waals surface area contributed by atoms with Crippen molar-refractivity contribution in [2.75, 3.05) is 18.6 Å². The molecule has 0 spiro atoms. The molecule has 5 heteroatoms. The minimum Gasteiger partial charge on any atom is -0.390 e. The van der Waals surface area contributed by atoms with E-state index in [-0.39, 0.29) is 12.2 Å². The summed E-state index contributed by atoms with van der Waals surface area (Å²) in [6.45, 7) is 4.64. The molecule has 108 valence electrons. The van der Waals surface area contributed by atoms with E-state index in [2.05, 4.69) is 6.92 Å². The Bertz CT molecular complexity index is 348. The molecule has 1 aliphatic carbocycles. The molecule has 0 aromatic carbocycles. The van der Waals surface area contributed by atoms with Crippen LogP contribution in [0.15, 0.2) is 0 Å². The summed E-state index contributed by atoms with van der Waals surface area (Å²) in [6.07, 6.45) is 4.64. The van der Waals surface area contributed by atoms with Crippen LogP contribution in [0.25, 0.3) is 0 Å². The normalized spacial score (nSPS) is 31.2. The van der Waals surface area contributed by atoms with Crippen LogP contribution in [0.2, 0.25) is 0 Å². The number of hydrogen-bond acceptors (Lipinski definition) is 4. The van der Waals surface area contributed by atoms with Gasteiger partial charge in [0.25, 0.3) is 0 Å². The number of ether oxygens (including phenoxy) is 1. The van der Waals surface area contributed by atoms with E-state index in [4.69, 9.17) is 4.74 Å². The summed E-state index contributed by atoms with van der Waals surface area (Å²) < 4.78 is 28.2. The van der Waals surface area contributed by atoms with E-state index in [1.807, 2.05) is 6.92 Å². The first-order valence-corrected chi connectivity index (χ1v) is 8.85. The number of rotatable bonds is 6. The van der Waals surface area contributed by atoms with Crippen molar-refractivity contribution >= 4 is 9.84 Å². The molecule has 1 N–H and O–H groups in total. The highest BCUT2D eigenvalue weighted by atomic mass is 32.2. The third kappa shape index (κ3) is 4.52. The fraction of sp³-hybridized carbons (Fsp3) is 1.00. The van der Waals surface area contributed by atoms with Crippen LogP contribution >= 0.6 is 0 Å². The van der Waals surface area contributed by atoms with Crippen LogP contribution in [0.5, 0.6) is 0 Å². The van der Waals surface area contributed by atoms with Gasteiger partial charge in [0.05, 0.1) is 17.5 Å². The third-order valence-electron chi connectivity index (χ3n) is 3.79. The summed E-state index contributed by atoms with van der Waals surface area (Å²) in [5.74, 6) is 0.551. The smallest absolute Gasteiger partial charge is 0.147 e. The van der Waals surface area contributed by atoms with Crippen molar-refractivity contribution in [2.45, 2.75) is 57.7 Å². The van der Waals surface area contributed by atoms with E-state index < -0.39 is 21.5 Å². The second-order valence-corrected chi connectivity index (χ2v) is 7.89. The predicted octanol–water partition coefficient (Wildman–Crippen LogP) is 1.77. The van der Waals surface area contributed by atoms with Crippen LogP contribution in [0, 0.1) is 5.92 Å². The van der Waals surface area contributed by atoms with Gasteiger partial charge in [-0.05, 0) is 32.1 Å². The first kappa shape index (κ1) is 15.9. The molecule has 0 saturated heterocycles. The molecule has 0 heterocycles. The maximum absolute atomic E-state index is 11.2. The number of sulfone groups is 1. The van der Waals surface area contributed by atoms with E-state index >= 15 is 0 Å². The molecule has 0 radical (unpaired) electrons. The average molecular weight is 278 g/mol. The van der Waals surface area contributed by atoms with Crippen LogP contribution in [0.4, 0.5) is 0 Å². The molecule has 0 aliphatic heterocycles. The topological polar surface area (TPSA) is 63.6 Å². The fourth-order valence-corrected chi connectivity index (χ4v) is 3.60. The Balaban J connectivity index is 2.70. The van der Waals surface area contributed by atoms with Crippen molar-refractivity contribution in [2.24, 2.45) is 5.92 Å². The van der Waals surface area contributed by atoms with Crippen LogP contribution in [0.1, 0.15) is 46.0 Å². The SMILES string of the molecule is CCOC1(C(O)CCS(C)(=O)=O)CCCC(C)C1. The van der Waals surface area contributed by atoms with Gasteiger partial charge in [-0.3, -0.25) is 0 Å². The van der Waals surface area contributed by atoms with Crippen LogP contribution in [0.3, 0.4) is 0 Å². The zero-order chi connectivity index (χ0) is 13.8. The first-order valence-electron chi connectivity index (χ1n) is 6.79. The highest BCUT2D eigenvalue weighted by Gasteiger charge is 2.41. The van der Waals surface area contributed by atoms with Crippen LogP contribution in [-0.2, 0) is 14.6 Å². The van der Waals surface area contributed by atoms with E-state index in [9.17, 15) is 13.5 Å². The van der Waals surface area contributed by atoms with Gasteiger partial charge >= 0.3 is 0 Å². The molecule has 0 amide bonds. The lowest BCUT2D eigenvalue weighted by molar-refractivity contribution is -0.147. The second-order valence-electron chi connectivity index (χ2n) is 5.63. The molecule has 1 fully saturated rings. The molecule has 3 unspecified atom stereocenters. The summed E-state index contributed by atoms with van der Waals surface area (Å²) in [5.41, 5.74) is -0.531. The Morgan fingerprint density at radius 3 is 2.67 bits per heavy atom. The Labute approximate surface area is 111 Å². The quantitative estimate of drug-likeness (QED) is 0.804. The minimum atomic E-state index is -3.03. The van der Waals surface area contributed by atoms with Gasteiger partial charge in [-0.25, -0.2) is 8.42 Å². The highest BCUT2D eigenvalue weighted by Crippen LogP contribution is 2.38. The lowest BCUT2D eigenvalue weighted by Crippen LogP contribution is -2.49. The maximum Gasteiger partial charge on any atom is 0.147 e. The average Bonchev–Trinajstić information content (AvgIpc) is 2.25. The van der Waals surface area contributed by atoms with E-state index in [0.717, 1.165) is 25.7 Å². The highest BCUT2D eigenvalue weighted by molar-refractivity contribution is 7.90. The van der Waals surface area contributed by atoms with E-state index in [1.54, 1.807) is 0 Å². The largest absolute Gasteiger partial charge is 0.390 e. The molecule has 1 rings (SSSR count). The molecular formula is C13H26O4S. The van der Waals surface area contributed by atoms with Crippen molar-refractivity contribution in [3.63, 3.8) is 0 Å². The summed E-state index contributed by atoms with van der Waals surface area (Å²) in [5, 5.41) is 10.3. The lowest BCUT2D eigenvalue weighted by Gasteiger charge is -2.43. The van der Waals surface area contributed by atoms with Crippen molar-refractivity contribution in [1.29, 1.82) is 0 Å². The van der Waals surface area contributed by atoms with Crippen molar-refractivity contribution in [3.8, 4) is 0 Å². The molecule has 0 bridgehead atoms. The van der Waals surface area contributed by atoms with Gasteiger partial charge in [0.2, 0.25) is 0 Å². The Kier molecular flexibility index (Phi) is 5.62. The van der Waals surface area contributed by atoms with E-state index in [1.165, 1.54) is 6.26 Å². The molecule has 3 atom stereocenters. The Hall–Kier alpha value is -0.130. The zero-order valence-electron chi connectivity index (χ0n) is 11.7. The molecule has 4 nitrogen and oxygen atoms in total. The number of aliphatic hydroxyl groups is 1. The molecule has 1 saturated carbocycles. The number of hydrogen-bond donors (Lipinski definition) is 1. The van der Waals surface area contributed by atoms with Gasteiger partial charge in [-0.1, -0.05) is 19.8 Å². The Morgan fingerprint density at radius 2 is 2.17 bits per heavy atom. The van der Waals surface area contributed by atoms with E-state index in [0.29, 0.717) is 12.5 Å². The number of aliphatic hydroxyl groups excluding tert-OH is 1. The first-order chi connectivity index (χ1) is 8.29. The van der Waals surface area contributed by atoms with Gasteiger partial charge in [-0.15, -0.1) is 0 Å². The van der Waals surface area contributed by atoms with Gasteiger partial charge in [0.1, 0.15) is 9.84 Å². The molecule has 1 aliphatic rings. The molecular weight excluding hydrogens is 252 g/mol. The maximum atomic E-state index is 11.2. The van der Waals surface area contributed by atoms with Crippen LogP contribution in [-0.4, -0.2) is 43.8 Å². The molecule has 0 aromatic rings. The second kappa shape index (κ2) is 6.35. The summed E-state index contributed by atoms with van der Waals surface area (Å²) in [7, 11) is -3.03. The summed E-state index contributed by atoms with van der Waals surface area (Å²) in [4.78, 5) is 0. The molecule has 0 aromatic heterocycles. The zero-order valence-corrected chi connectivity index (χ0v) is 12.5. The monoisotopic (exact) mass is 278 g/mol. The predicted molar refractivity (Wildman–Crippen MR) is 72.3 cm³/mol. The third-order valence-corrected chi connectivity index (χ3v) is 4.77. The van der Waals surface area contributed by atoms with Crippen molar-refractivity contribution < 1.29 is 18.3 Å². The fourth-order valence-electron chi connectivity index (χ4n) is 2.95. The standard InChI is InChI=1S/C13H26O4S/c1-4-17-13(8-5-6-11(2)10-13)12(14)7-9-18(3,15)16/h11-12,14H,4-10H2,1-3H3. The minimum absolute atomic E-state index is 0.0252. The van der Waals surface area contributed by atoms with Gasteiger partial charge in [0, 0.05) is 12.9 Å². The van der Waals surface area contributed by atoms with Gasteiger partial charge in [-0.2, -0.15) is 0 Å². The molecule has 18 heavy (non-hydrogen) atoms. The van der Waals surface area contributed by atoms with Crippen molar-refractivity contribution in [1.82, 2.24) is 0 Å².